The predicted molar refractivity (Wildman–Crippen MR) is 89.5 cm³/mol. The molecule has 0 radical (unpaired) electrons. The summed E-state index contributed by atoms with van der Waals surface area (Å²) in [5.41, 5.74) is 1.96. The molecule has 5 nitrogen and oxygen atoms in total. The van der Waals surface area contributed by atoms with E-state index in [2.05, 4.69) is 0 Å². The molecule has 2 aromatic carbocycles. The van der Waals surface area contributed by atoms with Crippen molar-refractivity contribution in [2.75, 3.05) is 26.3 Å². The van der Waals surface area contributed by atoms with Crippen LogP contribution in [-0.2, 0) is 21.2 Å². The number of morpholine rings is 1. The monoisotopic (exact) mass is 345 g/mol. The van der Waals surface area contributed by atoms with Crippen molar-refractivity contribution in [2.24, 2.45) is 0 Å². The van der Waals surface area contributed by atoms with E-state index in [0.29, 0.717) is 31.2 Å². The average molecular weight is 345 g/mol. The van der Waals surface area contributed by atoms with Crippen molar-refractivity contribution in [3.8, 4) is 5.75 Å². The molecule has 1 fully saturated rings. The normalized spacial score (nSPS) is 21.2. The van der Waals surface area contributed by atoms with Crippen LogP contribution in [0.15, 0.2) is 53.4 Å². The number of nitrogens with zero attached hydrogens (tertiary/aromatic N) is 1. The smallest absolute Gasteiger partial charge is 0.243 e. The first-order chi connectivity index (χ1) is 11.6. The van der Waals surface area contributed by atoms with E-state index >= 15 is 0 Å². The molecule has 0 bridgehead atoms. The Morgan fingerprint density at radius 3 is 2.71 bits per heavy atom. The van der Waals surface area contributed by atoms with Crippen LogP contribution in [-0.4, -0.2) is 39.0 Å². The summed E-state index contributed by atoms with van der Waals surface area (Å²) in [5.74, 6) is 0.790. The van der Waals surface area contributed by atoms with Gasteiger partial charge in [0.25, 0.3) is 0 Å². The number of hydrogen-bond acceptors (Lipinski definition) is 4. The second-order valence-corrected chi connectivity index (χ2v) is 7.94. The fourth-order valence-corrected chi connectivity index (χ4v) is 4.66. The van der Waals surface area contributed by atoms with Gasteiger partial charge in [-0.05, 0) is 29.3 Å². The van der Waals surface area contributed by atoms with Gasteiger partial charge in [-0.2, -0.15) is 4.31 Å². The highest BCUT2D eigenvalue weighted by Gasteiger charge is 2.32. The van der Waals surface area contributed by atoms with Gasteiger partial charge in [-0.1, -0.05) is 30.3 Å². The van der Waals surface area contributed by atoms with Crippen molar-refractivity contribution >= 4 is 10.0 Å². The maximum atomic E-state index is 13.0. The summed E-state index contributed by atoms with van der Waals surface area (Å²) in [6, 6.07) is 14.9. The summed E-state index contributed by atoms with van der Waals surface area (Å²) >= 11 is 0. The zero-order chi connectivity index (χ0) is 16.6. The quantitative estimate of drug-likeness (QED) is 0.857. The molecule has 2 heterocycles. The van der Waals surface area contributed by atoms with Crippen LogP contribution < -0.4 is 4.74 Å². The predicted octanol–water partition coefficient (Wildman–Crippen LogP) is 2.38. The van der Waals surface area contributed by atoms with Crippen LogP contribution in [0.5, 0.6) is 5.75 Å². The van der Waals surface area contributed by atoms with E-state index in [4.69, 9.17) is 9.47 Å². The van der Waals surface area contributed by atoms with Crippen molar-refractivity contribution in [3.05, 3.63) is 59.7 Å². The van der Waals surface area contributed by atoms with Crippen molar-refractivity contribution in [2.45, 2.75) is 17.4 Å². The van der Waals surface area contributed by atoms with Gasteiger partial charge in [0.15, 0.2) is 0 Å². The maximum absolute atomic E-state index is 13.0. The Balaban J connectivity index is 1.60. The summed E-state index contributed by atoms with van der Waals surface area (Å²) in [5, 5.41) is 0. The third-order valence-corrected chi connectivity index (χ3v) is 6.36. The van der Waals surface area contributed by atoms with E-state index < -0.39 is 10.0 Å². The first-order valence-electron chi connectivity index (χ1n) is 8.07. The van der Waals surface area contributed by atoms with E-state index in [9.17, 15) is 8.42 Å². The lowest BCUT2D eigenvalue weighted by molar-refractivity contribution is -0.00255. The molecule has 24 heavy (non-hydrogen) atoms. The molecule has 0 amide bonds. The minimum absolute atomic E-state index is 0.229. The van der Waals surface area contributed by atoms with Crippen LogP contribution in [0.25, 0.3) is 0 Å². The Hall–Kier alpha value is -1.89. The van der Waals surface area contributed by atoms with Crippen LogP contribution >= 0.6 is 0 Å². The standard InChI is InChI=1S/C18H19NO4S/c20-24(21,16-6-7-17-15(12-16)8-10-22-17)19-9-11-23-18(13-19)14-4-2-1-3-5-14/h1-7,12,18H,8-11,13H2/t18-/m0/s1. The van der Waals surface area contributed by atoms with Gasteiger partial charge in [-0.3, -0.25) is 0 Å². The highest BCUT2D eigenvalue weighted by Crippen LogP contribution is 2.31. The van der Waals surface area contributed by atoms with Gasteiger partial charge < -0.3 is 9.47 Å². The molecule has 6 heteroatoms. The number of rotatable bonds is 3. The first-order valence-corrected chi connectivity index (χ1v) is 9.51. The van der Waals surface area contributed by atoms with E-state index in [0.717, 1.165) is 23.3 Å². The molecule has 2 aliphatic rings. The summed E-state index contributed by atoms with van der Waals surface area (Å²) < 4.78 is 38.7. The molecule has 0 N–H and O–H groups in total. The van der Waals surface area contributed by atoms with E-state index in [1.165, 1.54) is 4.31 Å². The third kappa shape index (κ3) is 2.81. The van der Waals surface area contributed by atoms with Crippen LogP contribution in [0.3, 0.4) is 0 Å². The molecular weight excluding hydrogens is 326 g/mol. The highest BCUT2D eigenvalue weighted by molar-refractivity contribution is 7.89. The number of ether oxygens (including phenoxy) is 2. The zero-order valence-corrected chi connectivity index (χ0v) is 14.0. The number of fused-ring (bicyclic) bond motifs is 1. The molecular formula is C18H19NO4S. The highest BCUT2D eigenvalue weighted by atomic mass is 32.2. The van der Waals surface area contributed by atoms with Crippen molar-refractivity contribution < 1.29 is 17.9 Å². The molecule has 0 unspecified atom stereocenters. The summed E-state index contributed by atoms with van der Waals surface area (Å²) in [4.78, 5) is 0.334. The maximum Gasteiger partial charge on any atom is 0.243 e. The van der Waals surface area contributed by atoms with Gasteiger partial charge in [0, 0.05) is 19.5 Å². The molecule has 4 rings (SSSR count). The van der Waals surface area contributed by atoms with Crippen LogP contribution in [0.1, 0.15) is 17.2 Å². The summed E-state index contributed by atoms with van der Waals surface area (Å²) in [7, 11) is -3.53. The number of hydrogen-bond donors (Lipinski definition) is 0. The van der Waals surface area contributed by atoms with Gasteiger partial charge >= 0.3 is 0 Å². The fourth-order valence-electron chi connectivity index (χ4n) is 3.19. The Labute approximate surface area is 141 Å². The topological polar surface area (TPSA) is 55.8 Å². The fraction of sp³-hybridized carbons (Fsp3) is 0.333. The van der Waals surface area contributed by atoms with Crippen molar-refractivity contribution in [1.82, 2.24) is 4.31 Å². The molecule has 1 saturated heterocycles. The van der Waals surface area contributed by atoms with E-state index in [1.54, 1.807) is 18.2 Å². The van der Waals surface area contributed by atoms with Crippen LogP contribution in [0.2, 0.25) is 0 Å². The molecule has 126 valence electrons. The summed E-state index contributed by atoms with van der Waals surface area (Å²) in [6.07, 6.45) is 0.529. The minimum Gasteiger partial charge on any atom is -0.493 e. The summed E-state index contributed by atoms with van der Waals surface area (Å²) in [6.45, 7) is 1.72. The van der Waals surface area contributed by atoms with E-state index in [1.807, 2.05) is 30.3 Å². The Kier molecular flexibility index (Phi) is 4.04. The van der Waals surface area contributed by atoms with Crippen LogP contribution in [0, 0.1) is 0 Å². The third-order valence-electron chi connectivity index (χ3n) is 4.50. The first kappa shape index (κ1) is 15.6. The number of sulfonamides is 1. The Morgan fingerprint density at radius 2 is 1.88 bits per heavy atom. The van der Waals surface area contributed by atoms with Gasteiger partial charge in [0.2, 0.25) is 10.0 Å². The lowest BCUT2D eigenvalue weighted by Crippen LogP contribution is -2.42. The van der Waals surface area contributed by atoms with Gasteiger partial charge in [-0.25, -0.2) is 8.42 Å². The van der Waals surface area contributed by atoms with Gasteiger partial charge in [0.05, 0.1) is 24.2 Å². The minimum atomic E-state index is -3.53. The molecule has 0 saturated carbocycles. The van der Waals surface area contributed by atoms with Crippen LogP contribution in [0.4, 0.5) is 0 Å². The van der Waals surface area contributed by atoms with Crippen molar-refractivity contribution in [3.63, 3.8) is 0 Å². The molecule has 0 aromatic heterocycles. The molecule has 1 atom stereocenters. The Morgan fingerprint density at radius 1 is 1.04 bits per heavy atom. The molecule has 2 aromatic rings. The SMILES string of the molecule is O=S(=O)(c1ccc2c(c1)CCO2)N1CCO[C@H](c2ccccc2)C1. The largest absolute Gasteiger partial charge is 0.493 e. The van der Waals surface area contributed by atoms with Gasteiger partial charge in [0.1, 0.15) is 5.75 Å². The second-order valence-electron chi connectivity index (χ2n) is 6.00. The molecule has 0 aliphatic carbocycles. The van der Waals surface area contributed by atoms with Crippen molar-refractivity contribution in [1.29, 1.82) is 0 Å². The molecule has 2 aliphatic heterocycles. The average Bonchev–Trinajstić information content (AvgIpc) is 3.10. The van der Waals surface area contributed by atoms with Gasteiger partial charge in [-0.15, -0.1) is 0 Å². The Bertz CT molecular complexity index is 835. The lowest BCUT2D eigenvalue weighted by atomic mass is 10.1. The zero-order valence-electron chi connectivity index (χ0n) is 13.2. The second kappa shape index (κ2) is 6.20. The lowest BCUT2D eigenvalue weighted by Gasteiger charge is -2.32. The number of benzene rings is 2. The van der Waals surface area contributed by atoms with E-state index in [-0.39, 0.29) is 6.10 Å². The molecule has 0 spiro atoms.